The fourth-order valence-corrected chi connectivity index (χ4v) is 3.77. The summed E-state index contributed by atoms with van der Waals surface area (Å²) >= 11 is 0. The van der Waals surface area contributed by atoms with Crippen LogP contribution >= 0.6 is 0 Å². The van der Waals surface area contributed by atoms with Crippen molar-refractivity contribution in [2.24, 2.45) is 0 Å². The Morgan fingerprint density at radius 3 is 2.17 bits per heavy atom. The van der Waals surface area contributed by atoms with Crippen LogP contribution in [0.3, 0.4) is 0 Å². The van der Waals surface area contributed by atoms with Crippen LogP contribution in [-0.4, -0.2) is 18.7 Å². The molecule has 0 saturated heterocycles. The average Bonchev–Trinajstić information content (AvgIpc) is 3.01. The van der Waals surface area contributed by atoms with Crippen LogP contribution in [-0.2, 0) is 10.0 Å². The van der Waals surface area contributed by atoms with Gasteiger partial charge in [-0.25, -0.2) is 12.4 Å². The van der Waals surface area contributed by atoms with Gasteiger partial charge in [0.15, 0.2) is 6.29 Å². The van der Waals surface area contributed by atoms with Crippen molar-refractivity contribution in [1.82, 2.24) is 3.97 Å². The summed E-state index contributed by atoms with van der Waals surface area (Å²) in [6, 6.07) is 17.4. The van der Waals surface area contributed by atoms with Gasteiger partial charge in [-0.1, -0.05) is 48.0 Å². The number of hydrogen-bond donors (Lipinski definition) is 0. The predicted molar refractivity (Wildman–Crippen MR) is 89.0 cm³/mol. The van der Waals surface area contributed by atoms with Crippen LogP contribution in [0.1, 0.15) is 16.1 Å². The Labute approximate surface area is 135 Å². The zero-order valence-electron chi connectivity index (χ0n) is 12.5. The van der Waals surface area contributed by atoms with Crippen molar-refractivity contribution in [2.45, 2.75) is 11.8 Å². The molecule has 0 N–H and O–H groups in total. The van der Waals surface area contributed by atoms with Crippen LogP contribution in [0.4, 0.5) is 0 Å². The average molecular weight is 325 g/mol. The monoisotopic (exact) mass is 325 g/mol. The van der Waals surface area contributed by atoms with E-state index in [-0.39, 0.29) is 10.6 Å². The highest BCUT2D eigenvalue weighted by Gasteiger charge is 2.22. The van der Waals surface area contributed by atoms with E-state index in [0.717, 1.165) is 15.1 Å². The Morgan fingerprint density at radius 1 is 0.913 bits per heavy atom. The molecule has 5 heteroatoms. The molecular weight excluding hydrogens is 310 g/mol. The summed E-state index contributed by atoms with van der Waals surface area (Å²) < 4.78 is 26.6. The molecule has 0 atom stereocenters. The molecule has 4 nitrogen and oxygen atoms in total. The minimum atomic E-state index is -3.80. The van der Waals surface area contributed by atoms with Gasteiger partial charge < -0.3 is 0 Å². The first-order chi connectivity index (χ1) is 11.0. The summed E-state index contributed by atoms with van der Waals surface area (Å²) in [5.74, 6) is 0. The normalized spacial score (nSPS) is 11.3. The second-order valence-electron chi connectivity index (χ2n) is 5.21. The lowest BCUT2D eigenvalue weighted by Gasteiger charge is -2.09. The highest BCUT2D eigenvalue weighted by molar-refractivity contribution is 7.90. The molecule has 116 valence electrons. The lowest BCUT2D eigenvalue weighted by Crippen LogP contribution is -2.14. The van der Waals surface area contributed by atoms with Gasteiger partial charge in [-0.2, -0.15) is 0 Å². The Bertz CT molecular complexity index is 940. The second-order valence-corrected chi connectivity index (χ2v) is 7.03. The summed E-state index contributed by atoms with van der Waals surface area (Å²) in [7, 11) is -3.80. The van der Waals surface area contributed by atoms with E-state index >= 15 is 0 Å². The summed E-state index contributed by atoms with van der Waals surface area (Å²) in [6.45, 7) is 1.89. The number of carbonyl (C=O) groups excluding carboxylic acids is 1. The minimum Gasteiger partial charge on any atom is -0.296 e. The van der Waals surface area contributed by atoms with Crippen molar-refractivity contribution in [2.75, 3.05) is 0 Å². The molecule has 23 heavy (non-hydrogen) atoms. The number of nitrogens with zero attached hydrogens (tertiary/aromatic N) is 1. The predicted octanol–water partition coefficient (Wildman–Crippen LogP) is 3.51. The molecule has 1 heterocycles. The number of hydrogen-bond acceptors (Lipinski definition) is 3. The molecule has 0 saturated carbocycles. The maximum absolute atomic E-state index is 12.8. The third-order valence-corrected chi connectivity index (χ3v) is 5.37. The van der Waals surface area contributed by atoms with Crippen molar-refractivity contribution in [3.63, 3.8) is 0 Å². The van der Waals surface area contributed by atoms with Crippen molar-refractivity contribution < 1.29 is 13.2 Å². The van der Waals surface area contributed by atoms with E-state index in [9.17, 15) is 13.2 Å². The fourth-order valence-electron chi connectivity index (χ4n) is 2.44. The van der Waals surface area contributed by atoms with E-state index in [1.807, 2.05) is 37.3 Å². The molecule has 0 bridgehead atoms. The quantitative estimate of drug-likeness (QED) is 0.690. The van der Waals surface area contributed by atoms with E-state index in [1.165, 1.54) is 6.20 Å². The van der Waals surface area contributed by atoms with Gasteiger partial charge in [-0.05, 0) is 30.7 Å². The maximum atomic E-state index is 12.8. The number of rotatable bonds is 4. The van der Waals surface area contributed by atoms with Gasteiger partial charge >= 0.3 is 0 Å². The van der Waals surface area contributed by atoms with Crippen molar-refractivity contribution in [3.05, 3.63) is 78.1 Å². The van der Waals surface area contributed by atoms with Crippen LogP contribution in [0.25, 0.3) is 11.1 Å². The molecular formula is C18H15NO3S. The molecule has 0 aliphatic heterocycles. The van der Waals surface area contributed by atoms with E-state index in [4.69, 9.17) is 0 Å². The first-order valence-corrected chi connectivity index (χ1v) is 8.52. The van der Waals surface area contributed by atoms with Crippen LogP contribution in [0, 0.1) is 6.92 Å². The molecule has 0 radical (unpaired) electrons. The van der Waals surface area contributed by atoms with Crippen LogP contribution in [0.15, 0.2) is 71.8 Å². The van der Waals surface area contributed by atoms with Crippen molar-refractivity contribution in [1.29, 1.82) is 0 Å². The lowest BCUT2D eigenvalue weighted by molar-refractivity contribution is 0.111. The molecule has 0 spiro atoms. The Kier molecular flexibility index (Phi) is 3.88. The maximum Gasteiger partial charge on any atom is 0.268 e. The van der Waals surface area contributed by atoms with E-state index < -0.39 is 10.0 Å². The summed E-state index contributed by atoms with van der Waals surface area (Å²) in [4.78, 5) is 11.7. The number of benzene rings is 2. The van der Waals surface area contributed by atoms with Gasteiger partial charge in [0.2, 0.25) is 0 Å². The molecule has 3 rings (SSSR count). The van der Waals surface area contributed by atoms with E-state index in [1.54, 1.807) is 30.3 Å². The third-order valence-electron chi connectivity index (χ3n) is 3.66. The van der Waals surface area contributed by atoms with Gasteiger partial charge in [-0.15, -0.1) is 0 Å². The van der Waals surface area contributed by atoms with Crippen LogP contribution in [0.5, 0.6) is 0 Å². The molecule has 0 aliphatic carbocycles. The lowest BCUT2D eigenvalue weighted by atomic mass is 10.1. The second kappa shape index (κ2) is 5.85. The SMILES string of the molecule is Cc1ccc(S(=O)(=O)n2ccc(-c3ccccc3)c2C=O)cc1. The third kappa shape index (κ3) is 2.71. The molecule has 3 aromatic rings. The zero-order valence-corrected chi connectivity index (χ0v) is 13.3. The fraction of sp³-hybridized carbons (Fsp3) is 0.0556. The molecule has 0 aliphatic rings. The molecule has 1 aromatic heterocycles. The minimum absolute atomic E-state index is 0.122. The van der Waals surface area contributed by atoms with Crippen LogP contribution in [0.2, 0.25) is 0 Å². The Hall–Kier alpha value is -2.66. The largest absolute Gasteiger partial charge is 0.296 e. The van der Waals surface area contributed by atoms with Crippen molar-refractivity contribution in [3.8, 4) is 11.1 Å². The van der Waals surface area contributed by atoms with Crippen molar-refractivity contribution >= 4 is 16.3 Å². The molecule has 0 unspecified atom stereocenters. The summed E-state index contributed by atoms with van der Waals surface area (Å²) in [5.41, 5.74) is 2.48. The highest BCUT2D eigenvalue weighted by Crippen LogP contribution is 2.26. The number of aryl methyl sites for hydroxylation is 1. The van der Waals surface area contributed by atoms with Gasteiger partial charge in [0, 0.05) is 11.8 Å². The Morgan fingerprint density at radius 2 is 1.57 bits per heavy atom. The first kappa shape index (κ1) is 15.2. The van der Waals surface area contributed by atoms with Crippen LogP contribution < -0.4 is 0 Å². The van der Waals surface area contributed by atoms with Gasteiger partial charge in [0.05, 0.1) is 4.90 Å². The number of aldehydes is 1. The molecule has 0 amide bonds. The summed E-state index contributed by atoms with van der Waals surface area (Å²) in [6.07, 6.45) is 2.00. The number of aromatic nitrogens is 1. The Balaban J connectivity index is 2.16. The zero-order chi connectivity index (χ0) is 16.4. The molecule has 2 aromatic carbocycles. The topological polar surface area (TPSA) is 56.1 Å². The molecule has 0 fully saturated rings. The van der Waals surface area contributed by atoms with Gasteiger partial charge in [0.1, 0.15) is 5.69 Å². The smallest absolute Gasteiger partial charge is 0.268 e. The number of carbonyl (C=O) groups is 1. The van der Waals surface area contributed by atoms with E-state index in [2.05, 4.69) is 0 Å². The van der Waals surface area contributed by atoms with Gasteiger partial charge in [-0.3, -0.25) is 4.79 Å². The standard InChI is InChI=1S/C18H15NO3S/c1-14-7-9-16(10-8-14)23(21,22)19-12-11-17(18(19)13-20)15-5-3-2-4-6-15/h2-13H,1H3. The summed E-state index contributed by atoms with van der Waals surface area (Å²) in [5, 5.41) is 0. The van der Waals surface area contributed by atoms with E-state index in [0.29, 0.717) is 11.8 Å². The van der Waals surface area contributed by atoms with Gasteiger partial charge in [0.25, 0.3) is 10.0 Å². The highest BCUT2D eigenvalue weighted by atomic mass is 32.2. The first-order valence-electron chi connectivity index (χ1n) is 7.08.